The first kappa shape index (κ1) is 13.2. The van der Waals surface area contributed by atoms with Gasteiger partial charge in [0.05, 0.1) is 0 Å². The van der Waals surface area contributed by atoms with E-state index >= 15 is 0 Å². The van der Waals surface area contributed by atoms with Crippen LogP contribution in [0.5, 0.6) is 0 Å². The predicted octanol–water partition coefficient (Wildman–Crippen LogP) is 4.28. The lowest BCUT2D eigenvalue weighted by atomic mass is 9.57. The number of hydrogen-bond donors (Lipinski definition) is 1. The Balaban J connectivity index is 2.15. The van der Waals surface area contributed by atoms with Gasteiger partial charge in [-0.3, -0.25) is 0 Å². The van der Waals surface area contributed by atoms with E-state index in [2.05, 4.69) is 52.0 Å². The highest BCUT2D eigenvalue weighted by molar-refractivity contribution is 5.36. The highest BCUT2D eigenvalue weighted by Gasteiger charge is 2.68. The Kier molecular flexibility index (Phi) is 2.67. The van der Waals surface area contributed by atoms with Gasteiger partial charge in [-0.15, -0.1) is 0 Å². The molecule has 0 saturated heterocycles. The Bertz CT molecular complexity index is 497. The van der Waals surface area contributed by atoms with Gasteiger partial charge >= 0.3 is 0 Å². The minimum Gasteiger partial charge on any atom is -0.384 e. The first-order valence-electron chi connectivity index (χ1n) is 7.67. The van der Waals surface area contributed by atoms with Gasteiger partial charge in [-0.25, -0.2) is 0 Å². The van der Waals surface area contributed by atoms with Crippen molar-refractivity contribution in [2.75, 3.05) is 0 Å². The quantitative estimate of drug-likeness (QED) is 0.839. The molecule has 0 aliphatic heterocycles. The smallest absolute Gasteiger partial charge is 0.100 e. The maximum atomic E-state index is 11.7. The van der Waals surface area contributed by atoms with Crippen molar-refractivity contribution in [3.63, 3.8) is 0 Å². The molecular formula is C18H26O. The van der Waals surface area contributed by atoms with Crippen LogP contribution >= 0.6 is 0 Å². The second-order valence-electron chi connectivity index (χ2n) is 7.49. The molecule has 2 bridgehead atoms. The zero-order valence-corrected chi connectivity index (χ0v) is 12.7. The molecule has 0 aromatic heterocycles. The van der Waals surface area contributed by atoms with Crippen LogP contribution in [0, 0.1) is 16.7 Å². The van der Waals surface area contributed by atoms with Crippen molar-refractivity contribution in [1.29, 1.82) is 0 Å². The molecule has 1 nitrogen and oxygen atoms in total. The molecule has 104 valence electrons. The molecule has 0 radical (unpaired) electrons. The third-order valence-electron chi connectivity index (χ3n) is 6.32. The number of aliphatic hydroxyl groups is 1. The van der Waals surface area contributed by atoms with E-state index in [0.29, 0.717) is 5.92 Å². The van der Waals surface area contributed by atoms with Crippen LogP contribution in [0.3, 0.4) is 0 Å². The number of benzene rings is 1. The van der Waals surface area contributed by atoms with Gasteiger partial charge in [0.2, 0.25) is 0 Å². The average molecular weight is 258 g/mol. The molecule has 19 heavy (non-hydrogen) atoms. The van der Waals surface area contributed by atoms with Gasteiger partial charge in [0.25, 0.3) is 0 Å². The monoisotopic (exact) mass is 258 g/mol. The van der Waals surface area contributed by atoms with Crippen molar-refractivity contribution in [2.24, 2.45) is 16.7 Å². The zero-order chi connectivity index (χ0) is 13.9. The van der Waals surface area contributed by atoms with Crippen LogP contribution in [0.25, 0.3) is 0 Å². The summed E-state index contributed by atoms with van der Waals surface area (Å²) in [5.41, 5.74) is 1.82. The van der Waals surface area contributed by atoms with Gasteiger partial charge in [-0.05, 0) is 42.7 Å². The lowest BCUT2D eigenvalue weighted by molar-refractivity contribution is -0.150. The van der Waals surface area contributed by atoms with E-state index in [1.807, 2.05) is 0 Å². The average Bonchev–Trinajstić information content (AvgIpc) is 2.87. The molecule has 0 amide bonds. The van der Waals surface area contributed by atoms with Gasteiger partial charge in [-0.1, -0.05) is 52.0 Å². The summed E-state index contributed by atoms with van der Waals surface area (Å²) in [6.07, 6.45) is 4.64. The normalized spacial score (nSPS) is 39.7. The highest BCUT2D eigenvalue weighted by atomic mass is 16.3. The molecule has 0 heterocycles. The van der Waals surface area contributed by atoms with E-state index in [4.69, 9.17) is 0 Å². The lowest BCUT2D eigenvalue weighted by Gasteiger charge is -2.51. The Labute approximate surface area is 117 Å². The molecule has 1 aromatic carbocycles. The third kappa shape index (κ3) is 1.45. The van der Waals surface area contributed by atoms with Crippen LogP contribution in [-0.4, -0.2) is 5.11 Å². The molecule has 3 atom stereocenters. The van der Waals surface area contributed by atoms with Gasteiger partial charge < -0.3 is 5.11 Å². The molecule has 1 aromatic rings. The first-order chi connectivity index (χ1) is 8.85. The van der Waals surface area contributed by atoms with Crippen molar-refractivity contribution in [3.8, 4) is 0 Å². The second-order valence-corrected chi connectivity index (χ2v) is 7.49. The molecule has 2 fully saturated rings. The number of aryl methyl sites for hydroxylation is 1. The Hall–Kier alpha value is -0.820. The van der Waals surface area contributed by atoms with Crippen LogP contribution in [0.1, 0.15) is 58.1 Å². The molecule has 1 heteroatoms. The summed E-state index contributed by atoms with van der Waals surface area (Å²) in [7, 11) is 0. The van der Waals surface area contributed by atoms with Gasteiger partial charge in [-0.2, -0.15) is 0 Å². The summed E-state index contributed by atoms with van der Waals surface area (Å²) < 4.78 is 0. The van der Waals surface area contributed by atoms with Crippen LogP contribution in [0.15, 0.2) is 24.3 Å². The Morgan fingerprint density at radius 2 is 2.00 bits per heavy atom. The van der Waals surface area contributed by atoms with Crippen LogP contribution in [-0.2, 0) is 12.0 Å². The molecule has 3 rings (SSSR count). The molecule has 0 spiro atoms. The van der Waals surface area contributed by atoms with Crippen LogP contribution < -0.4 is 0 Å². The number of fused-ring (bicyclic) bond motifs is 2. The molecule has 1 N–H and O–H groups in total. The fourth-order valence-corrected chi connectivity index (χ4v) is 5.00. The minimum absolute atomic E-state index is 0.0215. The summed E-state index contributed by atoms with van der Waals surface area (Å²) in [4.78, 5) is 0. The van der Waals surface area contributed by atoms with Crippen molar-refractivity contribution < 1.29 is 5.11 Å². The summed E-state index contributed by atoms with van der Waals surface area (Å²) in [5, 5.41) is 11.7. The largest absolute Gasteiger partial charge is 0.384 e. The molecule has 2 aliphatic carbocycles. The molecule has 2 aliphatic rings. The molecule has 2 saturated carbocycles. The summed E-state index contributed by atoms with van der Waals surface area (Å²) >= 11 is 0. The minimum atomic E-state index is -0.673. The standard InChI is InChI=1S/C18H26O/c1-5-13-7-6-8-14(11-13)18(19)16(2,3)15-9-10-17(18,4)12-15/h6-8,11,15,19H,5,9-10,12H2,1-4H3. The summed E-state index contributed by atoms with van der Waals surface area (Å²) in [5.74, 6) is 0.660. The fourth-order valence-electron chi connectivity index (χ4n) is 5.00. The van der Waals surface area contributed by atoms with E-state index < -0.39 is 5.60 Å². The van der Waals surface area contributed by atoms with Crippen molar-refractivity contribution in [2.45, 2.75) is 59.0 Å². The van der Waals surface area contributed by atoms with E-state index in [1.54, 1.807) is 0 Å². The lowest BCUT2D eigenvalue weighted by Crippen LogP contribution is -2.51. The summed E-state index contributed by atoms with van der Waals surface area (Å²) in [6.45, 7) is 9.00. The predicted molar refractivity (Wildman–Crippen MR) is 78.9 cm³/mol. The van der Waals surface area contributed by atoms with E-state index in [1.165, 1.54) is 18.4 Å². The van der Waals surface area contributed by atoms with Gasteiger partial charge in [0.1, 0.15) is 5.60 Å². The topological polar surface area (TPSA) is 20.2 Å². The van der Waals surface area contributed by atoms with E-state index in [0.717, 1.165) is 18.4 Å². The maximum absolute atomic E-state index is 11.7. The Morgan fingerprint density at radius 3 is 2.58 bits per heavy atom. The second kappa shape index (κ2) is 3.85. The summed E-state index contributed by atoms with van der Waals surface area (Å²) in [6, 6.07) is 8.63. The highest BCUT2D eigenvalue weighted by Crippen LogP contribution is 2.71. The molecule has 3 unspecified atom stereocenters. The molecular weight excluding hydrogens is 232 g/mol. The third-order valence-corrected chi connectivity index (χ3v) is 6.32. The maximum Gasteiger partial charge on any atom is 0.100 e. The van der Waals surface area contributed by atoms with E-state index in [9.17, 15) is 5.11 Å². The fraction of sp³-hybridized carbons (Fsp3) is 0.667. The first-order valence-corrected chi connectivity index (χ1v) is 7.67. The number of hydrogen-bond acceptors (Lipinski definition) is 1. The number of rotatable bonds is 2. The van der Waals surface area contributed by atoms with E-state index in [-0.39, 0.29) is 10.8 Å². The zero-order valence-electron chi connectivity index (χ0n) is 12.7. The van der Waals surface area contributed by atoms with Gasteiger partial charge in [0.15, 0.2) is 0 Å². The van der Waals surface area contributed by atoms with Gasteiger partial charge in [0, 0.05) is 10.8 Å². The SMILES string of the molecule is CCc1cccc(C2(O)C3(C)CCC(C3)C2(C)C)c1. The van der Waals surface area contributed by atoms with Crippen molar-refractivity contribution in [1.82, 2.24) is 0 Å². The Morgan fingerprint density at radius 1 is 1.26 bits per heavy atom. The van der Waals surface area contributed by atoms with Crippen molar-refractivity contribution in [3.05, 3.63) is 35.4 Å². The van der Waals surface area contributed by atoms with Crippen LogP contribution in [0.2, 0.25) is 0 Å². The van der Waals surface area contributed by atoms with Crippen molar-refractivity contribution >= 4 is 0 Å². The van der Waals surface area contributed by atoms with Crippen LogP contribution in [0.4, 0.5) is 0 Å².